The van der Waals surface area contributed by atoms with Crippen LogP contribution in [0.2, 0.25) is 0 Å². The normalized spacial score (nSPS) is 15.1. The molecule has 1 aromatic carbocycles. The number of carbonyl (C=O) groups excluding carboxylic acids is 1. The molecule has 0 radical (unpaired) electrons. The molecule has 1 aromatic heterocycles. The largest absolute Gasteiger partial charge is 1.00 e. The van der Waals surface area contributed by atoms with Gasteiger partial charge in [0.2, 0.25) is 0 Å². The van der Waals surface area contributed by atoms with Crippen LogP contribution in [0, 0.1) is 5.92 Å². The number of hydrogen-bond donors (Lipinski definition) is 0. The predicted molar refractivity (Wildman–Crippen MR) is 98.6 cm³/mol. The van der Waals surface area contributed by atoms with E-state index in [4.69, 9.17) is 4.74 Å². The second-order valence-corrected chi connectivity index (χ2v) is 7.34. The SMILES string of the molecule is O=C([O-])C1CCN(CCOc2ccc(Cc3ncc(Br)cn3)cc2)CC1.[Na+]. The first-order chi connectivity index (χ1) is 12.6. The molecule has 138 valence electrons. The zero-order chi connectivity index (χ0) is 18.4. The maximum atomic E-state index is 10.9. The molecular weight excluding hydrogens is 421 g/mol. The van der Waals surface area contributed by atoms with Crippen LogP contribution in [-0.4, -0.2) is 47.1 Å². The van der Waals surface area contributed by atoms with E-state index < -0.39 is 5.97 Å². The summed E-state index contributed by atoms with van der Waals surface area (Å²) in [5.74, 6) is 0.390. The van der Waals surface area contributed by atoms with Gasteiger partial charge in [0.1, 0.15) is 18.2 Å². The summed E-state index contributed by atoms with van der Waals surface area (Å²) >= 11 is 3.33. The molecule has 0 spiro atoms. The molecule has 0 saturated carbocycles. The third-order valence-corrected chi connectivity index (χ3v) is 4.97. The number of nitrogens with zero attached hydrogens (tertiary/aromatic N) is 3. The number of aliphatic carboxylic acids is 1. The Morgan fingerprint density at radius 2 is 1.81 bits per heavy atom. The van der Waals surface area contributed by atoms with E-state index in [9.17, 15) is 9.90 Å². The molecule has 27 heavy (non-hydrogen) atoms. The Morgan fingerprint density at radius 1 is 1.19 bits per heavy atom. The van der Waals surface area contributed by atoms with E-state index in [0.717, 1.165) is 41.2 Å². The van der Waals surface area contributed by atoms with Gasteiger partial charge in [0.25, 0.3) is 0 Å². The second kappa shape index (κ2) is 11.1. The van der Waals surface area contributed by atoms with Gasteiger partial charge in [0.05, 0.1) is 4.47 Å². The van der Waals surface area contributed by atoms with E-state index in [2.05, 4.69) is 30.8 Å². The third kappa shape index (κ3) is 7.16. The van der Waals surface area contributed by atoms with Crippen LogP contribution in [0.3, 0.4) is 0 Å². The van der Waals surface area contributed by atoms with Crippen molar-refractivity contribution >= 4 is 21.9 Å². The van der Waals surface area contributed by atoms with Crippen LogP contribution in [0.4, 0.5) is 0 Å². The van der Waals surface area contributed by atoms with Crippen LogP contribution in [0.1, 0.15) is 24.2 Å². The van der Waals surface area contributed by atoms with Gasteiger partial charge in [-0.2, -0.15) is 0 Å². The van der Waals surface area contributed by atoms with Crippen LogP contribution in [0.25, 0.3) is 0 Å². The number of rotatable bonds is 7. The van der Waals surface area contributed by atoms with Gasteiger partial charge in [-0.15, -0.1) is 0 Å². The zero-order valence-electron chi connectivity index (χ0n) is 15.4. The number of halogens is 1. The minimum Gasteiger partial charge on any atom is -0.550 e. The number of aromatic nitrogens is 2. The number of carboxylic acid groups (broad SMARTS) is 1. The van der Waals surface area contributed by atoms with Crippen LogP contribution in [0.15, 0.2) is 41.1 Å². The zero-order valence-corrected chi connectivity index (χ0v) is 19.0. The van der Waals surface area contributed by atoms with Gasteiger partial charge in [0, 0.05) is 37.2 Å². The van der Waals surface area contributed by atoms with Crippen molar-refractivity contribution in [2.75, 3.05) is 26.2 Å². The summed E-state index contributed by atoms with van der Waals surface area (Å²) in [5.41, 5.74) is 1.13. The number of likely N-dealkylation sites (tertiary alicyclic amines) is 1. The number of benzene rings is 1. The molecule has 0 atom stereocenters. The Labute approximate surface area is 189 Å². The fraction of sp³-hybridized carbons (Fsp3) is 0.421. The second-order valence-electron chi connectivity index (χ2n) is 6.42. The topological polar surface area (TPSA) is 78.4 Å². The Balaban J connectivity index is 0.00000261. The molecule has 8 heteroatoms. The van der Waals surface area contributed by atoms with Crippen LogP contribution in [-0.2, 0) is 11.2 Å². The summed E-state index contributed by atoms with van der Waals surface area (Å²) in [4.78, 5) is 21.6. The average Bonchev–Trinajstić information content (AvgIpc) is 2.65. The Morgan fingerprint density at radius 3 is 2.41 bits per heavy atom. The minimum atomic E-state index is -0.922. The van der Waals surface area contributed by atoms with E-state index in [-0.39, 0.29) is 35.5 Å². The first-order valence-electron chi connectivity index (χ1n) is 8.71. The molecule has 1 aliphatic heterocycles. The van der Waals surface area contributed by atoms with Gasteiger partial charge in [0.15, 0.2) is 0 Å². The van der Waals surface area contributed by atoms with Crippen molar-refractivity contribution in [3.8, 4) is 5.75 Å². The summed E-state index contributed by atoms with van der Waals surface area (Å²) in [6, 6.07) is 7.95. The van der Waals surface area contributed by atoms with E-state index in [1.54, 1.807) is 12.4 Å². The van der Waals surface area contributed by atoms with E-state index in [1.165, 1.54) is 0 Å². The molecular formula is C19H21BrN3NaO3. The predicted octanol–water partition coefficient (Wildman–Crippen LogP) is -1.33. The van der Waals surface area contributed by atoms with Crippen molar-refractivity contribution in [1.29, 1.82) is 0 Å². The molecule has 1 aliphatic rings. The fourth-order valence-electron chi connectivity index (χ4n) is 3.00. The first-order valence-corrected chi connectivity index (χ1v) is 9.51. The van der Waals surface area contributed by atoms with Crippen LogP contribution < -0.4 is 39.4 Å². The van der Waals surface area contributed by atoms with Crippen molar-refractivity contribution in [2.24, 2.45) is 5.92 Å². The maximum absolute atomic E-state index is 10.9. The molecule has 0 unspecified atom stereocenters. The first kappa shape index (κ1) is 22.3. The number of carbonyl (C=O) groups is 1. The van der Waals surface area contributed by atoms with Crippen molar-refractivity contribution in [2.45, 2.75) is 19.3 Å². The summed E-state index contributed by atoms with van der Waals surface area (Å²) in [5, 5.41) is 10.9. The number of piperidine rings is 1. The monoisotopic (exact) mass is 441 g/mol. The van der Waals surface area contributed by atoms with Gasteiger partial charge in [-0.1, -0.05) is 12.1 Å². The van der Waals surface area contributed by atoms with Gasteiger partial charge < -0.3 is 14.6 Å². The van der Waals surface area contributed by atoms with Crippen molar-refractivity contribution in [1.82, 2.24) is 14.9 Å². The average molecular weight is 442 g/mol. The molecule has 1 saturated heterocycles. The van der Waals surface area contributed by atoms with Gasteiger partial charge in [-0.25, -0.2) is 9.97 Å². The summed E-state index contributed by atoms with van der Waals surface area (Å²) in [6.07, 6.45) is 5.50. The smallest absolute Gasteiger partial charge is 0.550 e. The molecule has 2 heterocycles. The Bertz CT molecular complexity index is 720. The van der Waals surface area contributed by atoms with Crippen molar-refractivity contribution < 1.29 is 44.2 Å². The van der Waals surface area contributed by atoms with Crippen LogP contribution in [0.5, 0.6) is 5.75 Å². The third-order valence-electron chi connectivity index (χ3n) is 4.56. The van der Waals surface area contributed by atoms with E-state index in [0.29, 0.717) is 25.9 Å². The van der Waals surface area contributed by atoms with Gasteiger partial charge in [-0.3, -0.25) is 4.90 Å². The quantitative estimate of drug-likeness (QED) is 0.495. The van der Waals surface area contributed by atoms with Crippen molar-refractivity contribution in [3.05, 3.63) is 52.5 Å². The number of hydrogen-bond acceptors (Lipinski definition) is 6. The molecule has 0 amide bonds. The van der Waals surface area contributed by atoms with Crippen LogP contribution >= 0.6 is 15.9 Å². The van der Waals surface area contributed by atoms with Gasteiger partial charge in [-0.05, 0) is 59.6 Å². The Hall–Kier alpha value is -0.990. The van der Waals surface area contributed by atoms with Crippen molar-refractivity contribution in [3.63, 3.8) is 0 Å². The number of carboxylic acids is 1. The molecule has 3 rings (SSSR count). The van der Waals surface area contributed by atoms with E-state index in [1.807, 2.05) is 24.3 Å². The molecule has 1 fully saturated rings. The molecule has 6 nitrogen and oxygen atoms in total. The van der Waals surface area contributed by atoms with Gasteiger partial charge >= 0.3 is 29.6 Å². The molecule has 2 aromatic rings. The summed E-state index contributed by atoms with van der Waals surface area (Å²) < 4.78 is 6.67. The minimum absolute atomic E-state index is 0. The Kier molecular flexibility index (Phi) is 9.18. The fourth-order valence-corrected chi connectivity index (χ4v) is 3.21. The molecule has 0 N–H and O–H groups in total. The molecule has 0 bridgehead atoms. The summed E-state index contributed by atoms with van der Waals surface area (Å²) in [7, 11) is 0. The standard InChI is InChI=1S/C19H22BrN3O3.Na/c20-16-12-21-18(22-13-16)11-14-1-3-17(4-2-14)26-10-9-23-7-5-15(6-8-23)19(24)25;/h1-4,12-13,15H,5-11H2,(H,24,25);/q;+1/p-1. The maximum Gasteiger partial charge on any atom is 1.00 e. The summed E-state index contributed by atoms with van der Waals surface area (Å²) in [6.45, 7) is 2.96. The molecule has 0 aliphatic carbocycles. The number of ether oxygens (including phenoxy) is 1. The van der Waals surface area contributed by atoms with E-state index >= 15 is 0 Å².